The first kappa shape index (κ1) is 10.6. The van der Waals surface area contributed by atoms with E-state index in [9.17, 15) is 0 Å². The molecule has 1 fully saturated rings. The Balaban J connectivity index is 1.99. The lowest BCUT2D eigenvalue weighted by Crippen LogP contribution is -2.24. The minimum atomic E-state index is 0.360. The molecule has 1 saturated carbocycles. The van der Waals surface area contributed by atoms with Crippen LogP contribution in [0.15, 0.2) is 4.52 Å². The Hall–Kier alpha value is -0.900. The van der Waals surface area contributed by atoms with Crippen molar-refractivity contribution < 1.29 is 4.52 Å². The van der Waals surface area contributed by atoms with Gasteiger partial charge >= 0.3 is 0 Å². The molecule has 0 aromatic carbocycles. The van der Waals surface area contributed by atoms with Crippen LogP contribution in [0.1, 0.15) is 44.8 Å². The summed E-state index contributed by atoms with van der Waals surface area (Å²) in [6.07, 6.45) is 1.99. The minimum absolute atomic E-state index is 0.360. The topological polar surface area (TPSA) is 51.0 Å². The van der Waals surface area contributed by atoms with Crippen LogP contribution in [0.3, 0.4) is 0 Å². The molecule has 0 spiro atoms. The van der Waals surface area contributed by atoms with E-state index in [1.54, 1.807) is 0 Å². The number of nitrogens with zero attached hydrogens (tertiary/aromatic N) is 2. The molecule has 1 aliphatic rings. The Kier molecular flexibility index (Phi) is 2.54. The molecule has 0 aliphatic heterocycles. The fourth-order valence-electron chi connectivity index (χ4n) is 1.76. The van der Waals surface area contributed by atoms with Crippen molar-refractivity contribution in [1.82, 2.24) is 15.5 Å². The van der Waals surface area contributed by atoms with Gasteiger partial charge in [0, 0.05) is 18.4 Å². The third-order valence-electron chi connectivity index (χ3n) is 3.28. The van der Waals surface area contributed by atoms with Crippen molar-refractivity contribution in [2.24, 2.45) is 5.41 Å². The predicted molar refractivity (Wildman–Crippen MR) is 57.7 cm³/mol. The van der Waals surface area contributed by atoms with Gasteiger partial charge in [-0.25, -0.2) is 0 Å². The SMILES string of the molecule is CNC(C)Cc1noc(C2CC2(C)C)n1. The van der Waals surface area contributed by atoms with E-state index < -0.39 is 0 Å². The first-order valence-electron chi connectivity index (χ1n) is 5.52. The van der Waals surface area contributed by atoms with Crippen LogP contribution in [0.5, 0.6) is 0 Å². The second-order valence-corrected chi connectivity index (χ2v) is 5.19. The smallest absolute Gasteiger partial charge is 0.230 e. The lowest BCUT2D eigenvalue weighted by atomic mass is 10.1. The van der Waals surface area contributed by atoms with Gasteiger partial charge in [-0.1, -0.05) is 19.0 Å². The first-order valence-corrected chi connectivity index (χ1v) is 5.52. The zero-order chi connectivity index (χ0) is 11.1. The molecule has 15 heavy (non-hydrogen) atoms. The Bertz CT molecular complexity index is 345. The summed E-state index contributed by atoms with van der Waals surface area (Å²) in [4.78, 5) is 4.44. The molecule has 2 atom stereocenters. The van der Waals surface area contributed by atoms with Gasteiger partial charge in [0.2, 0.25) is 5.89 Å². The van der Waals surface area contributed by atoms with Gasteiger partial charge in [0.05, 0.1) is 0 Å². The molecule has 1 aliphatic carbocycles. The zero-order valence-electron chi connectivity index (χ0n) is 9.87. The van der Waals surface area contributed by atoms with Gasteiger partial charge in [0.25, 0.3) is 0 Å². The molecule has 1 aromatic heterocycles. The lowest BCUT2D eigenvalue weighted by molar-refractivity contribution is 0.361. The highest BCUT2D eigenvalue weighted by atomic mass is 16.5. The van der Waals surface area contributed by atoms with Gasteiger partial charge in [-0.05, 0) is 25.8 Å². The summed E-state index contributed by atoms with van der Waals surface area (Å²) < 4.78 is 5.28. The minimum Gasteiger partial charge on any atom is -0.339 e. The van der Waals surface area contributed by atoms with Crippen molar-refractivity contribution in [3.8, 4) is 0 Å². The van der Waals surface area contributed by atoms with Crippen molar-refractivity contribution in [3.05, 3.63) is 11.7 Å². The van der Waals surface area contributed by atoms with Gasteiger partial charge in [-0.3, -0.25) is 0 Å². The molecule has 1 N–H and O–H groups in total. The lowest BCUT2D eigenvalue weighted by Gasteiger charge is -2.04. The Labute approximate surface area is 90.4 Å². The second kappa shape index (κ2) is 3.59. The van der Waals surface area contributed by atoms with Gasteiger partial charge < -0.3 is 9.84 Å². The Morgan fingerprint density at radius 1 is 1.60 bits per heavy atom. The summed E-state index contributed by atoms with van der Waals surface area (Å²) in [5, 5.41) is 7.17. The summed E-state index contributed by atoms with van der Waals surface area (Å²) in [6, 6.07) is 0.391. The van der Waals surface area contributed by atoms with Crippen molar-refractivity contribution >= 4 is 0 Å². The van der Waals surface area contributed by atoms with Gasteiger partial charge in [0.1, 0.15) is 0 Å². The normalized spacial score (nSPS) is 25.2. The number of aromatic nitrogens is 2. The average Bonchev–Trinajstić information content (AvgIpc) is 2.63. The molecule has 84 valence electrons. The van der Waals surface area contributed by atoms with E-state index in [0.29, 0.717) is 17.4 Å². The number of hydrogen-bond donors (Lipinski definition) is 1. The predicted octanol–water partition coefficient (Wildman–Crippen LogP) is 1.73. The van der Waals surface area contributed by atoms with Crippen LogP contribution in [0.4, 0.5) is 0 Å². The summed E-state index contributed by atoms with van der Waals surface area (Å²) in [7, 11) is 1.94. The van der Waals surface area contributed by atoms with Gasteiger partial charge in [0.15, 0.2) is 5.82 Å². The largest absolute Gasteiger partial charge is 0.339 e. The maximum atomic E-state index is 5.28. The molecule has 1 heterocycles. The molecule has 4 heteroatoms. The molecule has 0 amide bonds. The highest BCUT2D eigenvalue weighted by Crippen LogP contribution is 2.57. The number of likely N-dealkylation sites (N-methyl/N-ethyl adjacent to an activating group) is 1. The highest BCUT2D eigenvalue weighted by Gasteiger charge is 2.50. The Morgan fingerprint density at radius 2 is 2.27 bits per heavy atom. The molecule has 0 saturated heterocycles. The molecule has 0 bridgehead atoms. The third kappa shape index (κ3) is 2.20. The van der Waals surface area contributed by atoms with E-state index in [1.165, 1.54) is 0 Å². The summed E-state index contributed by atoms with van der Waals surface area (Å²) in [5.74, 6) is 2.11. The molecule has 4 nitrogen and oxygen atoms in total. The van der Waals surface area contributed by atoms with Gasteiger partial charge in [-0.15, -0.1) is 0 Å². The van der Waals surface area contributed by atoms with E-state index in [-0.39, 0.29) is 0 Å². The van der Waals surface area contributed by atoms with Crippen molar-refractivity contribution in [1.29, 1.82) is 0 Å². The van der Waals surface area contributed by atoms with Crippen molar-refractivity contribution in [3.63, 3.8) is 0 Å². The quantitative estimate of drug-likeness (QED) is 0.820. The fraction of sp³-hybridized carbons (Fsp3) is 0.818. The molecule has 2 unspecified atom stereocenters. The van der Waals surface area contributed by atoms with Crippen molar-refractivity contribution in [2.45, 2.75) is 45.6 Å². The molecule has 1 aromatic rings. The molecule has 0 radical (unpaired) electrons. The van der Waals surface area contributed by atoms with Crippen LogP contribution in [0, 0.1) is 5.41 Å². The van der Waals surface area contributed by atoms with E-state index in [1.807, 2.05) is 7.05 Å². The van der Waals surface area contributed by atoms with Gasteiger partial charge in [-0.2, -0.15) is 4.98 Å². The molecular formula is C11H19N3O. The summed E-state index contributed by atoms with van der Waals surface area (Å²) in [6.45, 7) is 6.58. The average molecular weight is 209 g/mol. The second-order valence-electron chi connectivity index (χ2n) is 5.19. The molecule has 2 rings (SSSR count). The first-order chi connectivity index (χ1) is 7.03. The highest BCUT2D eigenvalue weighted by molar-refractivity contribution is 5.13. The van der Waals surface area contributed by atoms with Crippen LogP contribution < -0.4 is 5.32 Å². The maximum Gasteiger partial charge on any atom is 0.230 e. The van der Waals surface area contributed by atoms with Crippen LogP contribution in [-0.4, -0.2) is 23.2 Å². The number of rotatable bonds is 4. The number of nitrogens with one attached hydrogen (secondary N) is 1. The van der Waals surface area contributed by atoms with Crippen LogP contribution in [-0.2, 0) is 6.42 Å². The van der Waals surface area contributed by atoms with Crippen LogP contribution in [0.25, 0.3) is 0 Å². The summed E-state index contributed by atoms with van der Waals surface area (Å²) in [5.41, 5.74) is 0.360. The maximum absolute atomic E-state index is 5.28. The molecular weight excluding hydrogens is 190 g/mol. The third-order valence-corrected chi connectivity index (χ3v) is 3.28. The van der Waals surface area contributed by atoms with E-state index in [4.69, 9.17) is 4.52 Å². The van der Waals surface area contributed by atoms with E-state index in [0.717, 1.165) is 24.6 Å². The monoisotopic (exact) mass is 209 g/mol. The van der Waals surface area contributed by atoms with Crippen LogP contribution >= 0.6 is 0 Å². The Morgan fingerprint density at radius 3 is 2.80 bits per heavy atom. The standard InChI is InChI=1S/C11H19N3O/c1-7(12-4)5-9-13-10(15-14-9)8-6-11(8,2)3/h7-8,12H,5-6H2,1-4H3. The fourth-order valence-corrected chi connectivity index (χ4v) is 1.76. The summed E-state index contributed by atoms with van der Waals surface area (Å²) >= 11 is 0. The van der Waals surface area contributed by atoms with E-state index in [2.05, 4.69) is 36.2 Å². The van der Waals surface area contributed by atoms with Crippen molar-refractivity contribution in [2.75, 3.05) is 7.05 Å². The van der Waals surface area contributed by atoms with E-state index >= 15 is 0 Å². The zero-order valence-corrected chi connectivity index (χ0v) is 9.87. The number of hydrogen-bond acceptors (Lipinski definition) is 4. The van der Waals surface area contributed by atoms with Crippen LogP contribution in [0.2, 0.25) is 0 Å².